The molecule has 0 bridgehead atoms. The van der Waals surface area contributed by atoms with E-state index in [1.54, 1.807) is 11.4 Å². The zero-order valence-electron chi connectivity index (χ0n) is 16.3. The average Bonchev–Trinajstić information content (AvgIpc) is 3.35. The van der Waals surface area contributed by atoms with Crippen LogP contribution >= 0.6 is 11.3 Å². The van der Waals surface area contributed by atoms with Crippen molar-refractivity contribution >= 4 is 33.9 Å². The second-order valence-corrected chi connectivity index (χ2v) is 8.34. The Morgan fingerprint density at radius 2 is 2.03 bits per heavy atom. The molecule has 0 aliphatic carbocycles. The van der Waals surface area contributed by atoms with Crippen LogP contribution in [0.4, 0.5) is 8.78 Å². The fourth-order valence-corrected chi connectivity index (χ4v) is 4.37. The number of hydrogen-bond donors (Lipinski definition) is 1. The highest BCUT2D eigenvalue weighted by molar-refractivity contribution is 7.09. The second-order valence-electron chi connectivity index (χ2n) is 7.39. The molecule has 9 heteroatoms. The molecule has 4 rings (SSSR count). The van der Waals surface area contributed by atoms with Crippen LogP contribution in [-0.2, 0) is 11.2 Å². The zero-order chi connectivity index (χ0) is 22.0. The number of amides is 2. The molecule has 0 radical (unpaired) electrons. The van der Waals surface area contributed by atoms with Crippen molar-refractivity contribution in [1.29, 1.82) is 5.26 Å². The summed E-state index contributed by atoms with van der Waals surface area (Å²) in [6.07, 6.45) is -0.123. The first kappa shape index (κ1) is 20.9. The number of likely N-dealkylation sites (tertiary alicyclic amines) is 1. The van der Waals surface area contributed by atoms with Gasteiger partial charge in [0.05, 0.1) is 24.2 Å². The van der Waals surface area contributed by atoms with Crippen LogP contribution in [-0.4, -0.2) is 46.8 Å². The number of carbonyl (C=O) groups is 2. The highest BCUT2D eigenvalue weighted by Gasteiger charge is 2.47. The summed E-state index contributed by atoms with van der Waals surface area (Å²) in [4.78, 5) is 29.7. The number of benzene rings is 2. The van der Waals surface area contributed by atoms with Gasteiger partial charge in [-0.1, -0.05) is 42.5 Å². The second kappa shape index (κ2) is 8.40. The molecular formula is C22H18F2N4O2S. The number of fused-ring (bicyclic) bond motifs is 1. The number of carbonyl (C=O) groups excluding carboxylic acids is 2. The fourth-order valence-electron chi connectivity index (χ4n) is 3.56. The predicted octanol–water partition coefficient (Wildman–Crippen LogP) is 3.38. The first-order valence-corrected chi connectivity index (χ1v) is 10.5. The maximum Gasteiger partial charge on any atom is 0.271 e. The number of nitriles is 1. The first-order chi connectivity index (χ1) is 14.8. The van der Waals surface area contributed by atoms with E-state index >= 15 is 0 Å². The summed E-state index contributed by atoms with van der Waals surface area (Å²) in [5.74, 6) is -4.37. The molecule has 2 aromatic carbocycles. The third-order valence-electron chi connectivity index (χ3n) is 5.09. The third kappa shape index (κ3) is 4.70. The topological polar surface area (TPSA) is 86.1 Å². The molecule has 0 spiro atoms. The van der Waals surface area contributed by atoms with E-state index in [2.05, 4.69) is 16.4 Å². The van der Waals surface area contributed by atoms with Gasteiger partial charge in [0.15, 0.2) is 0 Å². The van der Waals surface area contributed by atoms with Gasteiger partial charge in [-0.25, -0.2) is 13.8 Å². The van der Waals surface area contributed by atoms with Crippen molar-refractivity contribution in [2.24, 2.45) is 0 Å². The quantitative estimate of drug-likeness (QED) is 0.659. The van der Waals surface area contributed by atoms with Gasteiger partial charge in [0.1, 0.15) is 11.7 Å². The van der Waals surface area contributed by atoms with E-state index in [0.29, 0.717) is 6.42 Å². The molecule has 2 heterocycles. The summed E-state index contributed by atoms with van der Waals surface area (Å²) in [5.41, 5.74) is 1.23. The van der Waals surface area contributed by atoms with Gasteiger partial charge >= 0.3 is 0 Å². The van der Waals surface area contributed by atoms with Gasteiger partial charge in [-0.15, -0.1) is 11.3 Å². The lowest BCUT2D eigenvalue weighted by molar-refractivity contribution is -0.131. The summed E-state index contributed by atoms with van der Waals surface area (Å²) in [6.45, 7) is -1.28. The van der Waals surface area contributed by atoms with Crippen LogP contribution in [0.15, 0.2) is 47.8 Å². The third-order valence-corrected chi connectivity index (χ3v) is 5.94. The van der Waals surface area contributed by atoms with E-state index in [1.165, 1.54) is 11.3 Å². The highest BCUT2D eigenvalue weighted by atomic mass is 32.1. The number of hydrogen-bond acceptors (Lipinski definition) is 5. The van der Waals surface area contributed by atoms with Crippen LogP contribution in [0.25, 0.3) is 10.8 Å². The minimum absolute atomic E-state index is 0.164. The van der Waals surface area contributed by atoms with E-state index in [1.807, 2.05) is 36.4 Å². The first-order valence-electron chi connectivity index (χ1n) is 9.62. The monoisotopic (exact) mass is 440 g/mol. The summed E-state index contributed by atoms with van der Waals surface area (Å²) in [5, 5.41) is 16.0. The Hall–Kier alpha value is -3.38. The van der Waals surface area contributed by atoms with Gasteiger partial charge < -0.3 is 10.2 Å². The van der Waals surface area contributed by atoms with E-state index in [4.69, 9.17) is 5.26 Å². The lowest BCUT2D eigenvalue weighted by atomic mass is 10.1. The number of halogens is 2. The SMILES string of the molecule is N#C[C@@H]1CC(F)(F)CN1C(=O)CNC(=O)c1csc(Cc2ccc3ccccc3c2)n1. The minimum Gasteiger partial charge on any atom is -0.342 e. The summed E-state index contributed by atoms with van der Waals surface area (Å²) in [6, 6.07) is 14.7. The standard InChI is InChI=1S/C22H18F2N4O2S/c23-22(24)9-17(10-25)28(13-22)20(29)11-26-21(30)18-12-31-19(27-18)8-14-5-6-15-3-1-2-4-16(15)7-14/h1-7,12,17H,8-9,11,13H2,(H,26,30)/t17-/m0/s1. The molecule has 1 atom stereocenters. The van der Waals surface area contributed by atoms with Crippen LogP contribution in [0.3, 0.4) is 0 Å². The van der Waals surface area contributed by atoms with Crippen LogP contribution in [0.1, 0.15) is 27.5 Å². The van der Waals surface area contributed by atoms with Gasteiger partial charge in [0.2, 0.25) is 5.91 Å². The van der Waals surface area contributed by atoms with E-state index in [0.717, 1.165) is 26.2 Å². The van der Waals surface area contributed by atoms with Gasteiger partial charge in [-0.05, 0) is 16.3 Å². The van der Waals surface area contributed by atoms with E-state index < -0.39 is 43.3 Å². The molecular weight excluding hydrogens is 422 g/mol. The Kier molecular flexibility index (Phi) is 5.65. The molecule has 3 aromatic rings. The molecule has 1 aliphatic heterocycles. The van der Waals surface area contributed by atoms with Gasteiger partial charge in [-0.2, -0.15) is 5.26 Å². The normalized spacial score (nSPS) is 17.5. The average molecular weight is 440 g/mol. The molecule has 158 valence electrons. The fraction of sp³-hybridized carbons (Fsp3) is 0.273. The predicted molar refractivity (Wildman–Crippen MR) is 112 cm³/mol. The lowest BCUT2D eigenvalue weighted by Gasteiger charge is -2.19. The maximum atomic E-state index is 13.5. The van der Waals surface area contributed by atoms with E-state index in [9.17, 15) is 18.4 Å². The molecule has 1 fully saturated rings. The van der Waals surface area contributed by atoms with Crippen molar-refractivity contribution < 1.29 is 18.4 Å². The summed E-state index contributed by atoms with van der Waals surface area (Å²) < 4.78 is 27.0. The Morgan fingerprint density at radius 3 is 2.81 bits per heavy atom. The minimum atomic E-state index is -3.09. The molecule has 1 N–H and O–H groups in total. The number of aromatic nitrogens is 1. The Morgan fingerprint density at radius 1 is 1.26 bits per heavy atom. The maximum absolute atomic E-state index is 13.5. The highest BCUT2D eigenvalue weighted by Crippen LogP contribution is 2.31. The van der Waals surface area contributed by atoms with Crippen LogP contribution in [0, 0.1) is 11.3 Å². The molecule has 6 nitrogen and oxygen atoms in total. The number of nitrogens with zero attached hydrogens (tertiary/aromatic N) is 3. The van der Waals surface area contributed by atoms with E-state index in [-0.39, 0.29) is 5.69 Å². The Balaban J connectivity index is 1.36. The van der Waals surface area contributed by atoms with Crippen LogP contribution in [0.2, 0.25) is 0 Å². The van der Waals surface area contributed by atoms with Gasteiger partial charge in [0.25, 0.3) is 11.8 Å². The number of thiazole rings is 1. The summed E-state index contributed by atoms with van der Waals surface area (Å²) >= 11 is 1.33. The van der Waals surface area contributed by atoms with Crippen molar-refractivity contribution in [3.63, 3.8) is 0 Å². The van der Waals surface area contributed by atoms with Crippen LogP contribution < -0.4 is 5.32 Å². The van der Waals surface area contributed by atoms with Crippen molar-refractivity contribution in [3.8, 4) is 6.07 Å². The van der Waals surface area contributed by atoms with Gasteiger partial charge in [0, 0.05) is 18.2 Å². The zero-order valence-corrected chi connectivity index (χ0v) is 17.2. The van der Waals surface area contributed by atoms with Crippen LogP contribution in [0.5, 0.6) is 0 Å². The van der Waals surface area contributed by atoms with Crippen molar-refractivity contribution in [2.45, 2.75) is 24.8 Å². The molecule has 0 saturated carbocycles. The largest absolute Gasteiger partial charge is 0.342 e. The smallest absolute Gasteiger partial charge is 0.271 e. The number of alkyl halides is 2. The molecule has 1 aromatic heterocycles. The number of rotatable bonds is 5. The number of nitrogens with one attached hydrogen (secondary N) is 1. The summed E-state index contributed by atoms with van der Waals surface area (Å²) in [7, 11) is 0. The molecule has 1 saturated heterocycles. The van der Waals surface area contributed by atoms with Crippen molar-refractivity contribution in [2.75, 3.05) is 13.1 Å². The Labute approximate surface area is 181 Å². The molecule has 0 unspecified atom stereocenters. The lowest BCUT2D eigenvalue weighted by Crippen LogP contribution is -2.43. The van der Waals surface area contributed by atoms with Crippen molar-refractivity contribution in [3.05, 3.63) is 64.1 Å². The molecule has 1 aliphatic rings. The van der Waals surface area contributed by atoms with Gasteiger partial charge in [-0.3, -0.25) is 9.59 Å². The molecule has 2 amide bonds. The van der Waals surface area contributed by atoms with Crippen molar-refractivity contribution in [1.82, 2.24) is 15.2 Å². The Bertz CT molecular complexity index is 1190. The molecule has 31 heavy (non-hydrogen) atoms.